The molecule has 1 heterocycles. The molecule has 0 amide bonds. The van der Waals surface area contributed by atoms with Crippen molar-refractivity contribution in [3.63, 3.8) is 0 Å². The normalized spacial score (nSPS) is 16.1. The van der Waals surface area contributed by atoms with E-state index in [1.807, 2.05) is 13.0 Å². The van der Waals surface area contributed by atoms with Gasteiger partial charge >= 0.3 is 0 Å². The van der Waals surface area contributed by atoms with Gasteiger partial charge < -0.3 is 10.1 Å². The van der Waals surface area contributed by atoms with Crippen molar-refractivity contribution in [3.05, 3.63) is 11.9 Å². The highest BCUT2D eigenvalue weighted by molar-refractivity contribution is 5.39. The Balaban J connectivity index is 2.11. The van der Waals surface area contributed by atoms with Crippen LogP contribution in [0.2, 0.25) is 0 Å². The highest BCUT2D eigenvalue weighted by atomic mass is 16.5. The SMILES string of the molecule is COc1cc(NC2CCC2)nc(C)n1. The van der Waals surface area contributed by atoms with Crippen molar-refractivity contribution < 1.29 is 4.74 Å². The van der Waals surface area contributed by atoms with E-state index in [9.17, 15) is 0 Å². The molecular formula is C10H15N3O. The fourth-order valence-corrected chi connectivity index (χ4v) is 1.48. The summed E-state index contributed by atoms with van der Waals surface area (Å²) in [6.45, 7) is 1.87. The van der Waals surface area contributed by atoms with Gasteiger partial charge in [-0.3, -0.25) is 0 Å². The van der Waals surface area contributed by atoms with Gasteiger partial charge in [0.1, 0.15) is 11.6 Å². The lowest BCUT2D eigenvalue weighted by Gasteiger charge is -2.26. The average Bonchev–Trinajstić information content (AvgIpc) is 2.10. The Morgan fingerprint density at radius 1 is 1.43 bits per heavy atom. The minimum absolute atomic E-state index is 0.592. The minimum Gasteiger partial charge on any atom is -0.481 e. The zero-order valence-electron chi connectivity index (χ0n) is 8.58. The number of nitrogens with zero attached hydrogens (tertiary/aromatic N) is 2. The molecule has 14 heavy (non-hydrogen) atoms. The van der Waals surface area contributed by atoms with Gasteiger partial charge in [-0.05, 0) is 26.2 Å². The molecule has 1 aliphatic rings. The Bertz CT molecular complexity index is 323. The van der Waals surface area contributed by atoms with Gasteiger partial charge in [0.2, 0.25) is 5.88 Å². The van der Waals surface area contributed by atoms with Gasteiger partial charge in [0, 0.05) is 12.1 Å². The van der Waals surface area contributed by atoms with Crippen molar-refractivity contribution in [1.82, 2.24) is 9.97 Å². The van der Waals surface area contributed by atoms with E-state index in [0.717, 1.165) is 11.6 Å². The van der Waals surface area contributed by atoms with Crippen LogP contribution >= 0.6 is 0 Å². The highest BCUT2D eigenvalue weighted by Crippen LogP contribution is 2.23. The average molecular weight is 193 g/mol. The van der Waals surface area contributed by atoms with Crippen LogP contribution in [0.25, 0.3) is 0 Å². The lowest BCUT2D eigenvalue weighted by Crippen LogP contribution is -2.27. The zero-order valence-corrected chi connectivity index (χ0v) is 8.58. The topological polar surface area (TPSA) is 47.0 Å². The summed E-state index contributed by atoms with van der Waals surface area (Å²) in [5, 5.41) is 3.36. The Kier molecular flexibility index (Phi) is 2.52. The molecule has 0 aromatic carbocycles. The van der Waals surface area contributed by atoms with E-state index in [-0.39, 0.29) is 0 Å². The van der Waals surface area contributed by atoms with Gasteiger partial charge in [-0.15, -0.1) is 0 Å². The molecule has 1 N–H and O–H groups in total. The first-order chi connectivity index (χ1) is 6.78. The van der Waals surface area contributed by atoms with Crippen molar-refractivity contribution in [2.24, 2.45) is 0 Å². The third-order valence-corrected chi connectivity index (χ3v) is 2.48. The molecule has 0 atom stereocenters. The molecule has 1 aromatic rings. The molecule has 0 bridgehead atoms. The summed E-state index contributed by atoms with van der Waals surface area (Å²) in [5.74, 6) is 2.24. The fourth-order valence-electron chi connectivity index (χ4n) is 1.48. The van der Waals surface area contributed by atoms with E-state index < -0.39 is 0 Å². The Morgan fingerprint density at radius 3 is 2.79 bits per heavy atom. The fraction of sp³-hybridized carbons (Fsp3) is 0.600. The minimum atomic E-state index is 0.592. The number of rotatable bonds is 3. The number of aromatic nitrogens is 2. The molecule has 0 unspecified atom stereocenters. The summed E-state index contributed by atoms with van der Waals surface area (Å²) in [5.41, 5.74) is 0. The van der Waals surface area contributed by atoms with Crippen molar-refractivity contribution in [2.75, 3.05) is 12.4 Å². The second-order valence-electron chi connectivity index (χ2n) is 3.61. The smallest absolute Gasteiger partial charge is 0.218 e. The summed E-state index contributed by atoms with van der Waals surface area (Å²) in [7, 11) is 1.62. The van der Waals surface area contributed by atoms with Crippen molar-refractivity contribution in [2.45, 2.75) is 32.2 Å². The number of hydrogen-bond acceptors (Lipinski definition) is 4. The number of aryl methyl sites for hydroxylation is 1. The van der Waals surface area contributed by atoms with E-state index in [1.54, 1.807) is 7.11 Å². The largest absolute Gasteiger partial charge is 0.481 e. The van der Waals surface area contributed by atoms with Crippen molar-refractivity contribution >= 4 is 5.82 Å². The molecule has 4 nitrogen and oxygen atoms in total. The number of ether oxygens (including phenoxy) is 1. The monoisotopic (exact) mass is 193 g/mol. The molecule has 76 valence electrons. The van der Waals surface area contributed by atoms with Crippen molar-refractivity contribution in [1.29, 1.82) is 0 Å². The van der Waals surface area contributed by atoms with E-state index >= 15 is 0 Å². The van der Waals surface area contributed by atoms with Gasteiger partial charge in [0.15, 0.2) is 0 Å². The van der Waals surface area contributed by atoms with E-state index in [1.165, 1.54) is 19.3 Å². The summed E-state index contributed by atoms with van der Waals surface area (Å²) in [6.07, 6.45) is 3.80. The molecule has 1 aromatic heterocycles. The maximum atomic E-state index is 5.08. The molecule has 1 saturated carbocycles. The third-order valence-electron chi connectivity index (χ3n) is 2.48. The second kappa shape index (κ2) is 3.82. The molecule has 0 spiro atoms. The highest BCUT2D eigenvalue weighted by Gasteiger charge is 2.17. The first kappa shape index (κ1) is 9.24. The molecule has 0 aliphatic heterocycles. The van der Waals surface area contributed by atoms with Crippen LogP contribution in [0.3, 0.4) is 0 Å². The molecule has 0 saturated heterocycles. The summed E-state index contributed by atoms with van der Waals surface area (Å²) in [4.78, 5) is 8.43. The predicted molar refractivity (Wildman–Crippen MR) is 54.6 cm³/mol. The van der Waals surface area contributed by atoms with Gasteiger partial charge in [-0.2, -0.15) is 4.98 Å². The summed E-state index contributed by atoms with van der Waals surface area (Å²) >= 11 is 0. The predicted octanol–water partition coefficient (Wildman–Crippen LogP) is 1.76. The maximum Gasteiger partial charge on any atom is 0.218 e. The standard InChI is InChI=1S/C10H15N3O/c1-7-11-9(6-10(12-7)14-2)13-8-4-3-5-8/h6,8H,3-5H2,1-2H3,(H,11,12,13). The summed E-state index contributed by atoms with van der Waals surface area (Å²) in [6, 6.07) is 2.43. The molecule has 1 fully saturated rings. The molecular weight excluding hydrogens is 178 g/mol. The Hall–Kier alpha value is -1.32. The van der Waals surface area contributed by atoms with Crippen LogP contribution in [0.15, 0.2) is 6.07 Å². The van der Waals surface area contributed by atoms with Crippen LogP contribution in [0.5, 0.6) is 5.88 Å². The van der Waals surface area contributed by atoms with Gasteiger partial charge in [0.25, 0.3) is 0 Å². The van der Waals surface area contributed by atoms with Gasteiger partial charge in [0.05, 0.1) is 7.11 Å². The number of anilines is 1. The quantitative estimate of drug-likeness (QED) is 0.794. The molecule has 4 heteroatoms. The Labute approximate surface area is 83.7 Å². The number of methoxy groups -OCH3 is 1. The molecule has 2 rings (SSSR count). The van der Waals surface area contributed by atoms with Crippen LogP contribution in [0.1, 0.15) is 25.1 Å². The van der Waals surface area contributed by atoms with E-state index in [4.69, 9.17) is 4.74 Å². The second-order valence-corrected chi connectivity index (χ2v) is 3.61. The maximum absolute atomic E-state index is 5.08. The van der Waals surface area contributed by atoms with Crippen LogP contribution in [-0.2, 0) is 0 Å². The molecule has 0 radical (unpaired) electrons. The number of hydrogen-bond donors (Lipinski definition) is 1. The zero-order chi connectivity index (χ0) is 9.97. The van der Waals surface area contributed by atoms with Crippen LogP contribution in [-0.4, -0.2) is 23.1 Å². The molecule has 1 aliphatic carbocycles. The van der Waals surface area contributed by atoms with E-state index in [0.29, 0.717) is 11.9 Å². The van der Waals surface area contributed by atoms with Crippen LogP contribution in [0, 0.1) is 6.92 Å². The third kappa shape index (κ3) is 1.95. The summed E-state index contributed by atoms with van der Waals surface area (Å²) < 4.78 is 5.08. The lowest BCUT2D eigenvalue weighted by atomic mass is 9.93. The van der Waals surface area contributed by atoms with Crippen LogP contribution in [0.4, 0.5) is 5.82 Å². The van der Waals surface area contributed by atoms with Gasteiger partial charge in [-0.25, -0.2) is 4.98 Å². The Morgan fingerprint density at radius 2 is 2.21 bits per heavy atom. The number of nitrogens with one attached hydrogen (secondary N) is 1. The van der Waals surface area contributed by atoms with Gasteiger partial charge in [-0.1, -0.05) is 0 Å². The van der Waals surface area contributed by atoms with Crippen LogP contribution < -0.4 is 10.1 Å². The van der Waals surface area contributed by atoms with E-state index in [2.05, 4.69) is 15.3 Å². The van der Waals surface area contributed by atoms with Crippen molar-refractivity contribution in [3.8, 4) is 5.88 Å². The first-order valence-electron chi connectivity index (χ1n) is 4.94. The first-order valence-corrected chi connectivity index (χ1v) is 4.94. The lowest BCUT2D eigenvalue weighted by molar-refractivity contribution is 0.395.